The number of likely N-dealkylation sites (tertiary alicyclic amines) is 1. The van der Waals surface area contributed by atoms with Gasteiger partial charge in [0.05, 0.1) is 19.3 Å². The Bertz CT molecular complexity index is 610. The minimum atomic E-state index is -0.936. The number of ether oxygens (including phenoxy) is 2. The summed E-state index contributed by atoms with van der Waals surface area (Å²) < 4.78 is 9.75. The Morgan fingerprint density at radius 1 is 1.17 bits per heavy atom. The van der Waals surface area contributed by atoms with Crippen LogP contribution in [0.4, 0.5) is 0 Å². The van der Waals surface area contributed by atoms with Gasteiger partial charge in [0.25, 0.3) is 5.91 Å². The molecule has 1 aliphatic heterocycles. The van der Waals surface area contributed by atoms with Gasteiger partial charge >= 0.3 is 11.9 Å². The third-order valence-electron chi connectivity index (χ3n) is 4.15. The smallest absolute Gasteiger partial charge is 0.337 e. The average Bonchev–Trinajstić information content (AvgIpc) is 2.97. The number of hydrogen-bond acceptors (Lipinski definition) is 5. The molecule has 0 N–H and O–H groups in total. The number of methoxy groups -OCH3 is 1. The molecule has 0 spiro atoms. The van der Waals surface area contributed by atoms with Crippen LogP contribution in [0.3, 0.4) is 0 Å². The van der Waals surface area contributed by atoms with Crippen molar-refractivity contribution in [3.63, 3.8) is 0 Å². The highest BCUT2D eigenvalue weighted by atomic mass is 16.5. The van der Waals surface area contributed by atoms with E-state index in [0.29, 0.717) is 24.1 Å². The van der Waals surface area contributed by atoms with Crippen molar-refractivity contribution in [1.29, 1.82) is 0 Å². The lowest BCUT2D eigenvalue weighted by atomic mass is 9.98. The lowest BCUT2D eigenvalue weighted by molar-refractivity contribution is -0.153. The van der Waals surface area contributed by atoms with Gasteiger partial charge in [0.15, 0.2) is 0 Å². The molecule has 0 aliphatic carbocycles. The third kappa shape index (κ3) is 3.21. The second kappa shape index (κ2) is 6.81. The fourth-order valence-electron chi connectivity index (χ4n) is 2.81. The van der Waals surface area contributed by atoms with Crippen LogP contribution >= 0.6 is 0 Å². The van der Waals surface area contributed by atoms with Crippen molar-refractivity contribution in [2.24, 2.45) is 0 Å². The number of carbonyl (C=O) groups is 3. The SMILES string of the molecule is CCOC(=O)C1(C)CCCN1C(=O)c1ccc(C(=O)OC)cc1. The standard InChI is InChI=1S/C17H21NO5/c1-4-23-16(21)17(2)10-5-11-18(17)14(19)12-6-8-13(9-7-12)15(20)22-3/h6-9H,4-5,10-11H2,1-3H3. The molecule has 0 aromatic heterocycles. The van der Waals surface area contributed by atoms with Crippen LogP contribution in [-0.4, -0.2) is 48.5 Å². The van der Waals surface area contributed by atoms with E-state index < -0.39 is 11.5 Å². The zero-order valence-electron chi connectivity index (χ0n) is 13.6. The van der Waals surface area contributed by atoms with E-state index in [1.165, 1.54) is 19.2 Å². The molecule has 1 fully saturated rings. The average molecular weight is 319 g/mol. The van der Waals surface area contributed by atoms with E-state index in [0.717, 1.165) is 6.42 Å². The lowest BCUT2D eigenvalue weighted by Crippen LogP contribution is -2.51. The molecule has 1 saturated heterocycles. The van der Waals surface area contributed by atoms with Crippen molar-refractivity contribution < 1.29 is 23.9 Å². The minimum absolute atomic E-state index is 0.241. The molecule has 0 saturated carbocycles. The molecule has 1 amide bonds. The molecule has 0 radical (unpaired) electrons. The summed E-state index contributed by atoms with van der Waals surface area (Å²) in [6, 6.07) is 6.21. The fourth-order valence-corrected chi connectivity index (χ4v) is 2.81. The first-order valence-electron chi connectivity index (χ1n) is 7.61. The maximum absolute atomic E-state index is 12.7. The van der Waals surface area contributed by atoms with Gasteiger partial charge in [0.2, 0.25) is 0 Å². The van der Waals surface area contributed by atoms with Crippen molar-refractivity contribution in [2.45, 2.75) is 32.2 Å². The second-order valence-electron chi connectivity index (χ2n) is 5.62. The van der Waals surface area contributed by atoms with Crippen LogP contribution in [0.25, 0.3) is 0 Å². The first-order valence-corrected chi connectivity index (χ1v) is 7.61. The van der Waals surface area contributed by atoms with Crippen molar-refractivity contribution in [2.75, 3.05) is 20.3 Å². The quantitative estimate of drug-likeness (QED) is 0.794. The number of nitrogens with zero attached hydrogens (tertiary/aromatic N) is 1. The summed E-state index contributed by atoms with van der Waals surface area (Å²) >= 11 is 0. The first-order chi connectivity index (χ1) is 10.9. The zero-order valence-corrected chi connectivity index (χ0v) is 13.6. The van der Waals surface area contributed by atoms with E-state index in [-0.39, 0.29) is 18.5 Å². The minimum Gasteiger partial charge on any atom is -0.465 e. The van der Waals surface area contributed by atoms with Crippen LogP contribution in [0.5, 0.6) is 0 Å². The van der Waals surface area contributed by atoms with E-state index in [1.54, 1.807) is 30.9 Å². The predicted molar refractivity (Wildman–Crippen MR) is 83.1 cm³/mol. The monoisotopic (exact) mass is 319 g/mol. The van der Waals surface area contributed by atoms with Gasteiger partial charge in [-0.15, -0.1) is 0 Å². The van der Waals surface area contributed by atoms with Crippen molar-refractivity contribution in [3.05, 3.63) is 35.4 Å². The van der Waals surface area contributed by atoms with E-state index in [1.807, 2.05) is 0 Å². The molecular formula is C17H21NO5. The normalized spacial score (nSPS) is 20.2. The molecule has 1 aromatic carbocycles. The van der Waals surface area contributed by atoms with Gasteiger partial charge in [-0.2, -0.15) is 0 Å². The van der Waals surface area contributed by atoms with Crippen LogP contribution < -0.4 is 0 Å². The second-order valence-corrected chi connectivity index (χ2v) is 5.62. The molecule has 2 rings (SSSR count). The summed E-state index contributed by atoms with van der Waals surface area (Å²) in [5, 5.41) is 0. The lowest BCUT2D eigenvalue weighted by Gasteiger charge is -2.33. The van der Waals surface area contributed by atoms with Gasteiger partial charge in [-0.05, 0) is 51.0 Å². The van der Waals surface area contributed by atoms with Gasteiger partial charge in [-0.1, -0.05) is 0 Å². The fraction of sp³-hybridized carbons (Fsp3) is 0.471. The van der Waals surface area contributed by atoms with Gasteiger partial charge < -0.3 is 14.4 Å². The highest BCUT2D eigenvalue weighted by Gasteiger charge is 2.47. The zero-order chi connectivity index (χ0) is 17.0. The number of esters is 2. The number of carbonyl (C=O) groups excluding carboxylic acids is 3. The van der Waals surface area contributed by atoms with Crippen LogP contribution in [0.2, 0.25) is 0 Å². The molecule has 1 atom stereocenters. The van der Waals surface area contributed by atoms with Gasteiger partial charge in [0, 0.05) is 12.1 Å². The molecule has 1 aliphatic rings. The van der Waals surface area contributed by atoms with Crippen LogP contribution in [0.1, 0.15) is 47.4 Å². The molecule has 6 heteroatoms. The summed E-state index contributed by atoms with van der Waals surface area (Å²) in [4.78, 5) is 37.9. The van der Waals surface area contributed by atoms with Crippen LogP contribution in [0.15, 0.2) is 24.3 Å². The molecule has 23 heavy (non-hydrogen) atoms. The molecule has 1 aromatic rings. The molecule has 1 heterocycles. The number of benzene rings is 1. The summed E-state index contributed by atoms with van der Waals surface area (Å²) in [7, 11) is 1.30. The Kier molecular flexibility index (Phi) is 5.03. The largest absolute Gasteiger partial charge is 0.465 e. The van der Waals surface area contributed by atoms with Crippen LogP contribution in [0, 0.1) is 0 Å². The number of rotatable bonds is 4. The maximum atomic E-state index is 12.7. The Hall–Kier alpha value is -2.37. The van der Waals surface area contributed by atoms with Gasteiger partial charge in [-0.25, -0.2) is 9.59 Å². The Balaban J connectivity index is 2.22. The van der Waals surface area contributed by atoms with Gasteiger partial charge in [-0.3, -0.25) is 4.79 Å². The van der Waals surface area contributed by atoms with E-state index in [4.69, 9.17) is 4.74 Å². The first kappa shape index (κ1) is 17.0. The molecular weight excluding hydrogens is 298 g/mol. The maximum Gasteiger partial charge on any atom is 0.337 e. The highest BCUT2D eigenvalue weighted by Crippen LogP contribution is 2.31. The van der Waals surface area contributed by atoms with Crippen molar-refractivity contribution in [1.82, 2.24) is 4.90 Å². The number of amides is 1. The Morgan fingerprint density at radius 2 is 1.78 bits per heavy atom. The molecule has 124 valence electrons. The van der Waals surface area contributed by atoms with E-state index >= 15 is 0 Å². The van der Waals surface area contributed by atoms with Crippen molar-refractivity contribution >= 4 is 17.8 Å². The Labute approximate surface area is 135 Å². The Morgan fingerprint density at radius 3 is 2.35 bits per heavy atom. The predicted octanol–water partition coefficient (Wildman–Crippen LogP) is 2.03. The molecule has 0 bridgehead atoms. The summed E-state index contributed by atoms with van der Waals surface area (Å²) in [5.41, 5.74) is -0.137. The van der Waals surface area contributed by atoms with Crippen LogP contribution in [-0.2, 0) is 14.3 Å². The highest BCUT2D eigenvalue weighted by molar-refractivity contribution is 5.99. The van der Waals surface area contributed by atoms with E-state index in [2.05, 4.69) is 4.74 Å². The summed E-state index contributed by atoms with van der Waals surface area (Å²) in [5.74, 6) is -1.08. The summed E-state index contributed by atoms with van der Waals surface area (Å²) in [6.45, 7) is 4.27. The number of hydrogen-bond donors (Lipinski definition) is 0. The third-order valence-corrected chi connectivity index (χ3v) is 4.15. The topological polar surface area (TPSA) is 72.9 Å². The molecule has 1 unspecified atom stereocenters. The van der Waals surface area contributed by atoms with Gasteiger partial charge in [0.1, 0.15) is 5.54 Å². The molecule has 6 nitrogen and oxygen atoms in total. The summed E-state index contributed by atoms with van der Waals surface area (Å²) in [6.07, 6.45) is 1.33. The van der Waals surface area contributed by atoms with E-state index in [9.17, 15) is 14.4 Å². The van der Waals surface area contributed by atoms with Crippen molar-refractivity contribution in [3.8, 4) is 0 Å².